The molecule has 2 aliphatic heterocycles. The Kier molecular flexibility index (Phi) is 8.54. The van der Waals surface area contributed by atoms with Crippen LogP contribution in [-0.2, 0) is 12.8 Å². The van der Waals surface area contributed by atoms with Gasteiger partial charge >= 0.3 is 0 Å². The molecule has 0 radical (unpaired) electrons. The van der Waals surface area contributed by atoms with Gasteiger partial charge in [-0.1, -0.05) is 52.0 Å². The zero-order valence-electron chi connectivity index (χ0n) is 30.4. The Bertz CT molecular complexity index is 1290. The maximum atomic E-state index is 12.2. The largest absolute Gasteiger partial charge is 0.393 e. The van der Waals surface area contributed by atoms with Crippen LogP contribution < -0.4 is 0 Å². The summed E-state index contributed by atoms with van der Waals surface area (Å²) in [6.07, 6.45) is 15.6. The van der Waals surface area contributed by atoms with Crippen LogP contribution in [0, 0.1) is 70.0 Å². The smallest absolute Gasteiger partial charge is 0.0805 e. The molecule has 1 spiro atoms. The van der Waals surface area contributed by atoms with Crippen LogP contribution in [0.4, 0.5) is 0 Å². The topological polar surface area (TPSA) is 63.9 Å². The Labute approximate surface area is 286 Å². The fourth-order valence-electron chi connectivity index (χ4n) is 14.8. The lowest BCUT2D eigenvalue weighted by molar-refractivity contribution is -0.180. The molecular formula is C43H67NO3. The van der Waals surface area contributed by atoms with Crippen molar-refractivity contribution >= 4 is 0 Å². The second kappa shape index (κ2) is 12.1. The van der Waals surface area contributed by atoms with Crippen molar-refractivity contribution in [3.63, 3.8) is 0 Å². The second-order valence-electron chi connectivity index (χ2n) is 19.8. The number of fused-ring (bicyclic) bond motifs is 8. The monoisotopic (exact) mass is 646 g/mol. The highest BCUT2D eigenvalue weighted by molar-refractivity contribution is 5.28. The molecule has 7 fully saturated rings. The van der Waals surface area contributed by atoms with Gasteiger partial charge in [-0.2, -0.15) is 0 Å². The molecule has 7 aliphatic rings. The zero-order chi connectivity index (χ0) is 32.9. The first-order valence-electron chi connectivity index (χ1n) is 20.3. The first-order chi connectivity index (χ1) is 22.4. The predicted octanol–water partition coefficient (Wildman–Crippen LogP) is 7.91. The van der Waals surface area contributed by atoms with Crippen molar-refractivity contribution in [2.75, 3.05) is 13.1 Å². The summed E-state index contributed by atoms with van der Waals surface area (Å²) >= 11 is 0. The fourth-order valence-corrected chi connectivity index (χ4v) is 14.8. The Hall–Kier alpha value is -0.940. The van der Waals surface area contributed by atoms with E-state index in [1.54, 1.807) is 0 Å². The number of rotatable bonds is 5. The van der Waals surface area contributed by atoms with Gasteiger partial charge in [-0.25, -0.2) is 0 Å². The van der Waals surface area contributed by atoms with E-state index >= 15 is 0 Å². The Morgan fingerprint density at radius 2 is 1.62 bits per heavy atom. The fraction of sp³-hybridized carbons (Fsp3) is 0.860. The van der Waals surface area contributed by atoms with Crippen LogP contribution in [0.25, 0.3) is 0 Å². The lowest BCUT2D eigenvalue weighted by Gasteiger charge is -2.60. The van der Waals surface area contributed by atoms with E-state index in [4.69, 9.17) is 0 Å². The van der Waals surface area contributed by atoms with Gasteiger partial charge in [0.15, 0.2) is 0 Å². The molecule has 15 unspecified atom stereocenters. The van der Waals surface area contributed by atoms with Crippen molar-refractivity contribution in [2.45, 2.75) is 148 Å². The summed E-state index contributed by atoms with van der Waals surface area (Å²) in [5.41, 5.74) is 2.61. The lowest BCUT2D eigenvalue weighted by Crippen LogP contribution is -2.67. The number of aliphatic hydroxyl groups excluding tert-OH is 2. The Balaban J connectivity index is 1.01. The van der Waals surface area contributed by atoms with Crippen molar-refractivity contribution in [1.82, 2.24) is 4.90 Å². The van der Waals surface area contributed by atoms with Gasteiger partial charge in [-0.3, -0.25) is 4.90 Å². The Morgan fingerprint density at radius 3 is 2.40 bits per heavy atom. The molecule has 4 heteroatoms. The number of piperidine rings is 2. The van der Waals surface area contributed by atoms with Crippen molar-refractivity contribution < 1.29 is 15.3 Å². The van der Waals surface area contributed by atoms with E-state index in [2.05, 4.69) is 63.8 Å². The molecule has 262 valence electrons. The van der Waals surface area contributed by atoms with Gasteiger partial charge in [0.1, 0.15) is 0 Å². The summed E-state index contributed by atoms with van der Waals surface area (Å²) in [5, 5.41) is 35.9. The SMILES string of the molecule is CC(C)Cc1ccccc1CCC1CCC2(C1)CC1(C)C(CC2O)C(O)CC2C3CCC4C(CN5CC(C)CCC5C4(C)O)C3CC21. The minimum Gasteiger partial charge on any atom is -0.393 e. The summed E-state index contributed by atoms with van der Waals surface area (Å²) in [6.45, 7) is 14.2. The summed E-state index contributed by atoms with van der Waals surface area (Å²) in [6, 6.07) is 9.45. The first kappa shape index (κ1) is 33.2. The average Bonchev–Trinajstić information content (AvgIpc) is 3.60. The molecule has 4 nitrogen and oxygen atoms in total. The molecule has 0 bridgehead atoms. The molecule has 1 aromatic carbocycles. The van der Waals surface area contributed by atoms with Gasteiger partial charge in [0.05, 0.1) is 17.8 Å². The van der Waals surface area contributed by atoms with Crippen LogP contribution >= 0.6 is 0 Å². The number of aryl methyl sites for hydroxylation is 1. The molecule has 15 atom stereocenters. The number of aliphatic hydroxyl groups is 3. The molecule has 0 aromatic heterocycles. The van der Waals surface area contributed by atoms with E-state index in [0.29, 0.717) is 53.4 Å². The highest BCUT2D eigenvalue weighted by Gasteiger charge is 2.67. The number of nitrogens with zero attached hydrogens (tertiary/aromatic N) is 1. The average molecular weight is 646 g/mol. The number of hydrogen-bond acceptors (Lipinski definition) is 4. The quantitative estimate of drug-likeness (QED) is 0.305. The third-order valence-corrected chi connectivity index (χ3v) is 16.7. The normalized spacial score (nSPS) is 50.9. The van der Waals surface area contributed by atoms with Crippen LogP contribution in [0.15, 0.2) is 24.3 Å². The Morgan fingerprint density at radius 1 is 0.830 bits per heavy atom. The van der Waals surface area contributed by atoms with Gasteiger partial charge in [0, 0.05) is 19.1 Å². The molecule has 2 saturated heterocycles. The van der Waals surface area contributed by atoms with Crippen LogP contribution in [0.5, 0.6) is 0 Å². The molecule has 5 aliphatic carbocycles. The molecule has 1 aromatic rings. The molecule has 3 N–H and O–H groups in total. The van der Waals surface area contributed by atoms with Crippen LogP contribution in [0.3, 0.4) is 0 Å². The maximum absolute atomic E-state index is 12.2. The van der Waals surface area contributed by atoms with E-state index in [0.717, 1.165) is 57.4 Å². The second-order valence-corrected chi connectivity index (χ2v) is 19.8. The van der Waals surface area contributed by atoms with Crippen LogP contribution in [0.1, 0.15) is 123 Å². The van der Waals surface area contributed by atoms with Gasteiger partial charge < -0.3 is 15.3 Å². The minimum absolute atomic E-state index is 0.0247. The van der Waals surface area contributed by atoms with Crippen molar-refractivity contribution in [2.24, 2.45) is 70.0 Å². The summed E-state index contributed by atoms with van der Waals surface area (Å²) in [7, 11) is 0. The lowest BCUT2D eigenvalue weighted by atomic mass is 9.46. The van der Waals surface area contributed by atoms with E-state index in [9.17, 15) is 15.3 Å². The molecule has 2 heterocycles. The van der Waals surface area contributed by atoms with Crippen LogP contribution in [0.2, 0.25) is 0 Å². The summed E-state index contributed by atoms with van der Waals surface area (Å²) < 4.78 is 0. The van der Waals surface area contributed by atoms with Gasteiger partial charge in [-0.05, 0) is 178 Å². The summed E-state index contributed by atoms with van der Waals surface area (Å²) in [4.78, 5) is 2.71. The van der Waals surface area contributed by atoms with E-state index in [-0.39, 0.29) is 29.0 Å². The molecule has 5 saturated carbocycles. The molecular weight excluding hydrogens is 578 g/mol. The van der Waals surface area contributed by atoms with Crippen molar-refractivity contribution in [3.05, 3.63) is 35.4 Å². The third kappa shape index (κ3) is 5.43. The zero-order valence-corrected chi connectivity index (χ0v) is 30.4. The number of benzene rings is 1. The minimum atomic E-state index is -0.582. The highest BCUT2D eigenvalue weighted by Crippen LogP contribution is 2.70. The molecule has 8 rings (SSSR count). The highest BCUT2D eigenvalue weighted by atomic mass is 16.3. The van der Waals surface area contributed by atoms with Crippen molar-refractivity contribution in [1.29, 1.82) is 0 Å². The molecule has 0 amide bonds. The van der Waals surface area contributed by atoms with Gasteiger partial charge in [0.25, 0.3) is 0 Å². The van der Waals surface area contributed by atoms with E-state index < -0.39 is 5.60 Å². The van der Waals surface area contributed by atoms with E-state index in [1.165, 1.54) is 62.6 Å². The first-order valence-corrected chi connectivity index (χ1v) is 20.3. The predicted molar refractivity (Wildman–Crippen MR) is 190 cm³/mol. The maximum Gasteiger partial charge on any atom is 0.0805 e. The third-order valence-electron chi connectivity index (χ3n) is 16.7. The van der Waals surface area contributed by atoms with Crippen LogP contribution in [-0.4, -0.2) is 57.2 Å². The van der Waals surface area contributed by atoms with Gasteiger partial charge in [0.2, 0.25) is 0 Å². The standard InChI is InChI=1S/C43H67NO3/c1-26(2)18-30-9-7-6-8-29(30)12-11-28-16-17-43(22-28)25-41(4)36-19-32-31(33(36)20-38(45)37(41)21-40(43)46)13-14-35-34(32)24-44-23-27(3)10-15-39(44)42(35,5)47/h6-9,26-28,31-40,45-47H,10-25H2,1-5H3. The van der Waals surface area contributed by atoms with E-state index in [1.807, 2.05) is 0 Å². The summed E-state index contributed by atoms with van der Waals surface area (Å²) in [5.74, 6) is 5.99. The molecule has 47 heavy (non-hydrogen) atoms. The van der Waals surface area contributed by atoms with Gasteiger partial charge in [-0.15, -0.1) is 0 Å². The number of hydrogen-bond donors (Lipinski definition) is 3. The van der Waals surface area contributed by atoms with Crippen molar-refractivity contribution in [3.8, 4) is 0 Å².